The first-order valence-electron chi connectivity index (χ1n) is 9.16. The summed E-state index contributed by atoms with van der Waals surface area (Å²) < 4.78 is 0. The Bertz CT molecular complexity index is 1100. The molecule has 0 spiro atoms. The molecule has 1 aromatic heterocycles. The van der Waals surface area contributed by atoms with Crippen molar-refractivity contribution in [2.24, 2.45) is 4.99 Å². The van der Waals surface area contributed by atoms with E-state index < -0.39 is 29.5 Å². The topological polar surface area (TPSA) is 152 Å². The molecule has 2 aromatic rings. The number of fused-ring (bicyclic) bond motifs is 1. The highest BCUT2D eigenvalue weighted by molar-refractivity contribution is 5.91. The molecule has 9 heteroatoms. The minimum absolute atomic E-state index is 0.0192. The summed E-state index contributed by atoms with van der Waals surface area (Å²) in [4.78, 5) is 41.7. The number of aliphatic carboxylic acids is 3. The maximum absolute atomic E-state index is 11.7. The maximum atomic E-state index is 11.7. The van der Waals surface area contributed by atoms with E-state index in [1.54, 1.807) is 6.20 Å². The van der Waals surface area contributed by atoms with E-state index in [-0.39, 0.29) is 18.5 Å². The molecule has 0 amide bonds. The standard InChI is InChI=1S/C21H21N3O6/c1-21(20(29)30)10-12(8-17(24-21)19(27)28)6-7-22-16(18(25)26)9-13-11-23-15-5-3-2-4-14(13)15/h2-8,11,16,23-24H,9-10H2,1H3,(H,25,26)(H,27,28)(H,29,30)/t16-,21-/m0/s1. The van der Waals surface area contributed by atoms with E-state index in [0.29, 0.717) is 5.57 Å². The zero-order valence-corrected chi connectivity index (χ0v) is 16.1. The number of aromatic amines is 1. The highest BCUT2D eigenvalue weighted by atomic mass is 16.4. The number of H-pyrrole nitrogens is 1. The van der Waals surface area contributed by atoms with Crippen LogP contribution in [0.25, 0.3) is 10.9 Å². The van der Waals surface area contributed by atoms with Gasteiger partial charge in [-0.2, -0.15) is 0 Å². The number of carboxylic acids is 3. The van der Waals surface area contributed by atoms with Gasteiger partial charge in [0, 0.05) is 36.2 Å². The first-order chi connectivity index (χ1) is 14.2. The van der Waals surface area contributed by atoms with Gasteiger partial charge in [0.1, 0.15) is 11.2 Å². The van der Waals surface area contributed by atoms with E-state index in [4.69, 9.17) is 0 Å². The highest BCUT2D eigenvalue weighted by Crippen LogP contribution is 2.25. The van der Waals surface area contributed by atoms with Gasteiger partial charge in [0.05, 0.1) is 0 Å². The van der Waals surface area contributed by atoms with Crippen LogP contribution < -0.4 is 5.32 Å². The normalized spacial score (nSPS) is 21.4. The summed E-state index contributed by atoms with van der Waals surface area (Å²) in [6, 6.07) is 6.49. The lowest BCUT2D eigenvalue weighted by molar-refractivity contribution is -0.144. The number of nitrogens with one attached hydrogen (secondary N) is 2. The molecule has 0 bridgehead atoms. The Hall–Kier alpha value is -3.88. The summed E-state index contributed by atoms with van der Waals surface area (Å²) in [6.45, 7) is 1.38. The predicted octanol–water partition coefficient (Wildman–Crippen LogP) is 1.97. The first-order valence-corrected chi connectivity index (χ1v) is 9.16. The lowest BCUT2D eigenvalue weighted by Gasteiger charge is -2.31. The molecule has 156 valence electrons. The van der Waals surface area contributed by atoms with Gasteiger partial charge in [-0.3, -0.25) is 4.99 Å². The van der Waals surface area contributed by atoms with Crippen LogP contribution in [0, 0.1) is 0 Å². The molecule has 0 saturated carbocycles. The molecule has 5 N–H and O–H groups in total. The van der Waals surface area contributed by atoms with Crippen LogP contribution in [0.15, 0.2) is 58.9 Å². The van der Waals surface area contributed by atoms with Crippen LogP contribution in [-0.2, 0) is 20.8 Å². The molecule has 0 aliphatic carbocycles. The number of hydrogen-bond acceptors (Lipinski definition) is 5. The Morgan fingerprint density at radius 3 is 2.63 bits per heavy atom. The van der Waals surface area contributed by atoms with Gasteiger partial charge >= 0.3 is 17.9 Å². The smallest absolute Gasteiger partial charge is 0.351 e. The lowest BCUT2D eigenvalue weighted by Crippen LogP contribution is -2.52. The van der Waals surface area contributed by atoms with E-state index in [1.807, 2.05) is 24.3 Å². The third kappa shape index (κ3) is 4.40. The van der Waals surface area contributed by atoms with E-state index in [0.717, 1.165) is 16.5 Å². The molecule has 30 heavy (non-hydrogen) atoms. The third-order valence-corrected chi connectivity index (χ3v) is 4.93. The Balaban J connectivity index is 1.83. The predicted molar refractivity (Wildman–Crippen MR) is 110 cm³/mol. The fourth-order valence-electron chi connectivity index (χ4n) is 3.33. The van der Waals surface area contributed by atoms with Crippen molar-refractivity contribution in [3.8, 4) is 0 Å². The van der Waals surface area contributed by atoms with Crippen molar-refractivity contribution in [2.75, 3.05) is 0 Å². The summed E-state index contributed by atoms with van der Waals surface area (Å²) in [7, 11) is 0. The lowest BCUT2D eigenvalue weighted by atomic mass is 9.88. The van der Waals surface area contributed by atoms with Crippen LogP contribution in [0.4, 0.5) is 0 Å². The number of nitrogens with zero attached hydrogens (tertiary/aromatic N) is 1. The summed E-state index contributed by atoms with van der Waals surface area (Å²) in [6.07, 6.45) is 5.98. The molecule has 2 atom stereocenters. The highest BCUT2D eigenvalue weighted by Gasteiger charge is 2.38. The Morgan fingerprint density at radius 2 is 1.97 bits per heavy atom. The number of aliphatic imine (C=N–C) groups is 1. The van der Waals surface area contributed by atoms with E-state index in [1.165, 1.54) is 25.3 Å². The molecule has 0 fully saturated rings. The van der Waals surface area contributed by atoms with Crippen LogP contribution in [0.5, 0.6) is 0 Å². The van der Waals surface area contributed by atoms with Crippen LogP contribution in [-0.4, -0.2) is 56.0 Å². The average molecular weight is 411 g/mol. The maximum Gasteiger partial charge on any atom is 0.351 e. The van der Waals surface area contributed by atoms with Gasteiger partial charge in [-0.1, -0.05) is 18.2 Å². The van der Waals surface area contributed by atoms with Crippen molar-refractivity contribution in [1.82, 2.24) is 10.3 Å². The Morgan fingerprint density at radius 1 is 1.23 bits per heavy atom. The summed E-state index contributed by atoms with van der Waals surface area (Å²) >= 11 is 0. The van der Waals surface area contributed by atoms with Crippen molar-refractivity contribution in [2.45, 2.75) is 31.3 Å². The summed E-state index contributed by atoms with van der Waals surface area (Å²) in [5, 5.41) is 31.6. The second-order valence-electron chi connectivity index (χ2n) is 7.26. The summed E-state index contributed by atoms with van der Waals surface area (Å²) in [5.74, 6) is -3.58. The molecule has 1 aromatic carbocycles. The molecule has 9 nitrogen and oxygen atoms in total. The molecular formula is C21H21N3O6. The second-order valence-corrected chi connectivity index (χ2v) is 7.26. The largest absolute Gasteiger partial charge is 0.480 e. The van der Waals surface area contributed by atoms with Crippen molar-refractivity contribution in [1.29, 1.82) is 0 Å². The molecule has 0 unspecified atom stereocenters. The fourth-order valence-corrected chi connectivity index (χ4v) is 3.33. The van der Waals surface area contributed by atoms with Crippen molar-refractivity contribution >= 4 is 35.0 Å². The van der Waals surface area contributed by atoms with Gasteiger partial charge in [-0.25, -0.2) is 14.4 Å². The second kappa shape index (κ2) is 8.24. The number of benzene rings is 1. The van der Waals surface area contributed by atoms with Gasteiger partial charge in [0.25, 0.3) is 0 Å². The van der Waals surface area contributed by atoms with Crippen LogP contribution >= 0.6 is 0 Å². The van der Waals surface area contributed by atoms with E-state index in [9.17, 15) is 29.7 Å². The zero-order valence-electron chi connectivity index (χ0n) is 16.1. The van der Waals surface area contributed by atoms with Gasteiger partial charge in [0.15, 0.2) is 6.04 Å². The van der Waals surface area contributed by atoms with E-state index >= 15 is 0 Å². The third-order valence-electron chi connectivity index (χ3n) is 4.93. The van der Waals surface area contributed by atoms with Gasteiger partial charge in [-0.15, -0.1) is 0 Å². The molecule has 1 aliphatic heterocycles. The Labute approximate surface area is 171 Å². The average Bonchev–Trinajstić information content (AvgIpc) is 3.09. The van der Waals surface area contributed by atoms with Crippen LogP contribution in [0.1, 0.15) is 18.9 Å². The molecule has 0 radical (unpaired) electrons. The van der Waals surface area contributed by atoms with Crippen molar-refractivity contribution in [3.63, 3.8) is 0 Å². The number of rotatable bonds is 7. The van der Waals surface area contributed by atoms with Gasteiger partial charge in [-0.05, 0) is 36.3 Å². The number of carboxylic acid groups (broad SMARTS) is 3. The fraction of sp³-hybridized carbons (Fsp3) is 0.238. The minimum atomic E-state index is -1.49. The number of para-hydroxylation sites is 1. The van der Waals surface area contributed by atoms with Gasteiger partial charge < -0.3 is 25.6 Å². The SMILES string of the molecule is C[C@@]1(C(=O)O)CC(=CC=N[C@@H](Cc2c[nH]c3ccccc23)C(=O)O)C=C(C(=O)O)N1. The van der Waals surface area contributed by atoms with Crippen molar-refractivity contribution in [3.05, 3.63) is 59.4 Å². The molecule has 3 rings (SSSR count). The van der Waals surface area contributed by atoms with Crippen molar-refractivity contribution < 1.29 is 29.7 Å². The first kappa shape index (κ1) is 20.8. The monoisotopic (exact) mass is 411 g/mol. The molecular weight excluding hydrogens is 390 g/mol. The molecule has 1 aliphatic rings. The molecule has 0 saturated heterocycles. The number of carbonyl (C=O) groups is 3. The zero-order chi connectivity index (χ0) is 21.9. The molecule has 2 heterocycles. The number of hydrogen-bond donors (Lipinski definition) is 5. The quantitative estimate of drug-likeness (QED) is 0.437. The summed E-state index contributed by atoms with van der Waals surface area (Å²) in [5.41, 5.74) is 0.390. The number of aromatic nitrogens is 1. The van der Waals surface area contributed by atoms with Crippen LogP contribution in [0.2, 0.25) is 0 Å². The minimum Gasteiger partial charge on any atom is -0.480 e. The Kier molecular flexibility index (Phi) is 5.72. The number of allylic oxidation sites excluding steroid dienone is 2. The van der Waals surface area contributed by atoms with Gasteiger partial charge in [0.2, 0.25) is 0 Å². The van der Waals surface area contributed by atoms with Crippen LogP contribution in [0.3, 0.4) is 0 Å². The van der Waals surface area contributed by atoms with E-state index in [2.05, 4.69) is 15.3 Å².